The highest BCUT2D eigenvalue weighted by Crippen LogP contribution is 2.34. The number of hydrogen-bond acceptors (Lipinski definition) is 3. The van der Waals surface area contributed by atoms with Crippen LogP contribution in [-0.2, 0) is 9.53 Å². The zero-order chi connectivity index (χ0) is 16.0. The Morgan fingerprint density at radius 3 is 2.05 bits per heavy atom. The molecule has 1 saturated carbocycles. The topological polar surface area (TPSA) is 67.4 Å². The van der Waals surface area contributed by atoms with E-state index in [-0.39, 0.29) is 17.4 Å². The lowest BCUT2D eigenvalue weighted by Gasteiger charge is -2.42. The highest BCUT2D eigenvalue weighted by atomic mass is 16.5. The number of carbonyl (C=O) groups is 2. The van der Waals surface area contributed by atoms with Gasteiger partial charge in [-0.2, -0.15) is 0 Å². The maximum atomic E-state index is 12.6. The molecule has 5 nitrogen and oxygen atoms in total. The first kappa shape index (κ1) is 17.8. The highest BCUT2D eigenvalue weighted by molar-refractivity contribution is 5.86. The van der Waals surface area contributed by atoms with Gasteiger partial charge in [-0.3, -0.25) is 4.79 Å². The smallest absolute Gasteiger partial charge is 0.407 e. The van der Waals surface area contributed by atoms with Crippen molar-refractivity contribution in [3.63, 3.8) is 0 Å². The van der Waals surface area contributed by atoms with Gasteiger partial charge in [0, 0.05) is 5.54 Å². The minimum Gasteiger partial charge on any atom is -0.453 e. The number of nitrogens with one attached hydrogen (secondary N) is 2. The van der Waals surface area contributed by atoms with Crippen LogP contribution in [0.2, 0.25) is 0 Å². The van der Waals surface area contributed by atoms with Gasteiger partial charge in [0.15, 0.2) is 0 Å². The van der Waals surface area contributed by atoms with E-state index in [1.165, 1.54) is 13.5 Å². The average Bonchev–Trinajstić information content (AvgIpc) is 2.44. The molecule has 122 valence electrons. The summed E-state index contributed by atoms with van der Waals surface area (Å²) in [6.45, 7) is 8.15. The van der Waals surface area contributed by atoms with Crippen molar-refractivity contribution in [2.24, 2.45) is 11.8 Å². The van der Waals surface area contributed by atoms with Crippen molar-refractivity contribution in [2.75, 3.05) is 7.11 Å². The molecule has 1 rings (SSSR count). The molecule has 0 aromatic heterocycles. The van der Waals surface area contributed by atoms with E-state index >= 15 is 0 Å². The van der Waals surface area contributed by atoms with Crippen molar-refractivity contribution >= 4 is 12.0 Å². The van der Waals surface area contributed by atoms with Crippen LogP contribution >= 0.6 is 0 Å². The van der Waals surface area contributed by atoms with E-state index in [1.54, 1.807) is 0 Å². The normalized spacial score (nSPS) is 19.2. The van der Waals surface area contributed by atoms with E-state index in [0.717, 1.165) is 25.7 Å². The van der Waals surface area contributed by atoms with Gasteiger partial charge in [-0.15, -0.1) is 0 Å². The fourth-order valence-electron chi connectivity index (χ4n) is 3.07. The van der Waals surface area contributed by atoms with Gasteiger partial charge in [0.2, 0.25) is 5.91 Å². The molecule has 0 heterocycles. The Balaban J connectivity index is 2.80. The lowest BCUT2D eigenvalue weighted by atomic mass is 9.74. The summed E-state index contributed by atoms with van der Waals surface area (Å²) in [5.74, 6) is 0.288. The number of carbonyl (C=O) groups excluding carboxylic acids is 2. The second kappa shape index (κ2) is 7.66. The van der Waals surface area contributed by atoms with Crippen LogP contribution in [0.4, 0.5) is 4.79 Å². The first-order valence-corrected chi connectivity index (χ1v) is 7.99. The van der Waals surface area contributed by atoms with E-state index in [1.807, 2.05) is 13.8 Å². The summed E-state index contributed by atoms with van der Waals surface area (Å²) >= 11 is 0. The summed E-state index contributed by atoms with van der Waals surface area (Å²) in [6, 6.07) is -0.560. The van der Waals surface area contributed by atoms with Crippen molar-refractivity contribution < 1.29 is 14.3 Å². The summed E-state index contributed by atoms with van der Waals surface area (Å²) in [5.41, 5.74) is -0.139. The van der Waals surface area contributed by atoms with Crippen molar-refractivity contribution in [3.8, 4) is 0 Å². The summed E-state index contributed by atoms with van der Waals surface area (Å²) in [4.78, 5) is 24.1. The number of ether oxygens (including phenoxy) is 1. The number of rotatable bonds is 5. The molecule has 5 heteroatoms. The van der Waals surface area contributed by atoms with Crippen LogP contribution in [0.5, 0.6) is 0 Å². The zero-order valence-electron chi connectivity index (χ0n) is 14.0. The number of amides is 2. The fraction of sp³-hybridized carbons (Fsp3) is 0.875. The van der Waals surface area contributed by atoms with Crippen LogP contribution in [0.3, 0.4) is 0 Å². The molecule has 0 saturated heterocycles. The van der Waals surface area contributed by atoms with Gasteiger partial charge < -0.3 is 15.4 Å². The molecule has 2 N–H and O–H groups in total. The summed E-state index contributed by atoms with van der Waals surface area (Å²) in [7, 11) is 1.31. The standard InChI is InChI=1S/C16H30N2O3/c1-11(2)13(17-15(20)21-5)14(19)18-16(12(3)4)9-7-6-8-10-16/h11-13H,6-10H2,1-5H3,(H,17,20)(H,18,19)/t13-/m0/s1. The number of methoxy groups -OCH3 is 1. The van der Waals surface area contributed by atoms with Gasteiger partial charge in [-0.25, -0.2) is 4.79 Å². The Labute approximate surface area is 128 Å². The molecule has 0 aromatic carbocycles. The number of hydrogen-bond donors (Lipinski definition) is 2. The summed E-state index contributed by atoms with van der Waals surface area (Å²) in [6.07, 6.45) is 4.99. The van der Waals surface area contributed by atoms with Gasteiger partial charge >= 0.3 is 6.09 Å². The first-order valence-electron chi connectivity index (χ1n) is 7.99. The Morgan fingerprint density at radius 2 is 1.62 bits per heavy atom. The third-order valence-corrected chi connectivity index (χ3v) is 4.63. The Kier molecular flexibility index (Phi) is 6.49. The van der Waals surface area contributed by atoms with Crippen LogP contribution in [0.15, 0.2) is 0 Å². The Bertz CT molecular complexity index is 361. The van der Waals surface area contributed by atoms with Gasteiger partial charge in [0.05, 0.1) is 7.11 Å². The van der Waals surface area contributed by atoms with Crippen molar-refractivity contribution in [2.45, 2.75) is 71.4 Å². The molecule has 0 unspecified atom stereocenters. The SMILES string of the molecule is COC(=O)N[C@H](C(=O)NC1(C(C)C)CCCCC1)C(C)C. The highest BCUT2D eigenvalue weighted by Gasteiger charge is 2.38. The minimum absolute atomic E-state index is 0.0110. The molecule has 1 atom stereocenters. The summed E-state index contributed by atoms with van der Waals surface area (Å²) in [5, 5.41) is 5.87. The monoisotopic (exact) mass is 298 g/mol. The van der Waals surface area contributed by atoms with Gasteiger partial charge in [0.1, 0.15) is 6.04 Å². The van der Waals surface area contributed by atoms with Gasteiger partial charge in [0.25, 0.3) is 0 Å². The van der Waals surface area contributed by atoms with Gasteiger partial charge in [-0.1, -0.05) is 47.0 Å². The molecule has 2 amide bonds. The van der Waals surface area contributed by atoms with Crippen LogP contribution in [-0.4, -0.2) is 30.7 Å². The lowest BCUT2D eigenvalue weighted by molar-refractivity contribution is -0.127. The number of alkyl carbamates (subject to hydrolysis) is 1. The van der Waals surface area contributed by atoms with Crippen LogP contribution in [0.1, 0.15) is 59.8 Å². The van der Waals surface area contributed by atoms with Crippen LogP contribution in [0.25, 0.3) is 0 Å². The minimum atomic E-state index is -0.564. The van der Waals surface area contributed by atoms with Crippen molar-refractivity contribution in [3.05, 3.63) is 0 Å². The second-order valence-electron chi connectivity index (χ2n) is 6.72. The first-order chi connectivity index (χ1) is 9.82. The third kappa shape index (κ3) is 4.61. The van der Waals surface area contributed by atoms with E-state index in [9.17, 15) is 9.59 Å². The van der Waals surface area contributed by atoms with E-state index in [0.29, 0.717) is 5.92 Å². The molecule has 0 radical (unpaired) electrons. The molecule has 1 aliphatic rings. The lowest BCUT2D eigenvalue weighted by Crippen LogP contribution is -2.59. The molecule has 0 spiro atoms. The van der Waals surface area contributed by atoms with Gasteiger partial charge in [-0.05, 0) is 24.7 Å². The molecule has 0 aliphatic heterocycles. The summed E-state index contributed by atoms with van der Waals surface area (Å²) < 4.78 is 4.61. The van der Waals surface area contributed by atoms with Crippen molar-refractivity contribution in [1.82, 2.24) is 10.6 Å². The quantitative estimate of drug-likeness (QED) is 0.820. The van der Waals surface area contributed by atoms with Crippen LogP contribution in [0, 0.1) is 11.8 Å². The predicted octanol–water partition coefficient (Wildman–Crippen LogP) is 2.84. The Hall–Kier alpha value is -1.26. The molecule has 1 fully saturated rings. The predicted molar refractivity (Wildman–Crippen MR) is 83.0 cm³/mol. The maximum absolute atomic E-state index is 12.6. The van der Waals surface area contributed by atoms with E-state index in [2.05, 4.69) is 29.2 Å². The molecule has 0 bridgehead atoms. The third-order valence-electron chi connectivity index (χ3n) is 4.63. The zero-order valence-corrected chi connectivity index (χ0v) is 14.0. The molecule has 0 aromatic rings. The molecule has 1 aliphatic carbocycles. The average molecular weight is 298 g/mol. The molecule has 21 heavy (non-hydrogen) atoms. The van der Waals surface area contributed by atoms with Crippen LogP contribution < -0.4 is 10.6 Å². The fourth-order valence-corrected chi connectivity index (χ4v) is 3.07. The molecular weight excluding hydrogens is 268 g/mol. The van der Waals surface area contributed by atoms with Crippen molar-refractivity contribution in [1.29, 1.82) is 0 Å². The van der Waals surface area contributed by atoms with E-state index < -0.39 is 12.1 Å². The Morgan fingerprint density at radius 1 is 1.05 bits per heavy atom. The molecular formula is C16H30N2O3. The largest absolute Gasteiger partial charge is 0.453 e. The second-order valence-corrected chi connectivity index (χ2v) is 6.72. The van der Waals surface area contributed by atoms with E-state index in [4.69, 9.17) is 0 Å². The maximum Gasteiger partial charge on any atom is 0.407 e.